The number of nitriles is 1. The molecule has 0 amide bonds. The number of aliphatic hydroxyl groups excluding tert-OH is 1. The summed E-state index contributed by atoms with van der Waals surface area (Å²) in [6.07, 6.45) is 0.889. The minimum Gasteiger partial charge on any atom is -0.382 e. The molecule has 0 bridgehead atoms. The molecule has 1 saturated heterocycles. The van der Waals surface area contributed by atoms with E-state index in [-0.39, 0.29) is 23.5 Å². The predicted molar refractivity (Wildman–Crippen MR) is 91.5 cm³/mol. The van der Waals surface area contributed by atoms with E-state index >= 15 is 0 Å². The maximum Gasteiger partial charge on any atom is 0.130 e. The van der Waals surface area contributed by atoms with Crippen molar-refractivity contribution >= 4 is 12.4 Å². The molecule has 1 aromatic carbocycles. The molecule has 1 fully saturated rings. The van der Waals surface area contributed by atoms with Crippen molar-refractivity contribution in [3.63, 3.8) is 0 Å². The number of aliphatic hydroxyl groups is 1. The molecule has 0 saturated carbocycles. The Kier molecular flexibility index (Phi) is 6.27. The number of halogens is 2. The third-order valence-corrected chi connectivity index (χ3v) is 4.25. The van der Waals surface area contributed by atoms with E-state index in [1.165, 1.54) is 12.1 Å². The number of nitrogens with zero attached hydrogens (tertiary/aromatic N) is 2. The van der Waals surface area contributed by atoms with Gasteiger partial charge in [0.15, 0.2) is 0 Å². The van der Waals surface area contributed by atoms with E-state index in [1.807, 2.05) is 18.2 Å². The van der Waals surface area contributed by atoms with Crippen LogP contribution in [0.5, 0.6) is 0 Å². The quantitative estimate of drug-likeness (QED) is 0.895. The predicted octanol–water partition coefficient (Wildman–Crippen LogP) is 3.06. The van der Waals surface area contributed by atoms with Gasteiger partial charge in [-0.3, -0.25) is 4.98 Å². The van der Waals surface area contributed by atoms with E-state index in [1.54, 1.807) is 6.07 Å². The van der Waals surface area contributed by atoms with Crippen LogP contribution in [0.1, 0.15) is 47.4 Å². The Morgan fingerprint density at radius 3 is 2.67 bits per heavy atom. The molecule has 1 atom stereocenters. The van der Waals surface area contributed by atoms with Gasteiger partial charge in [0.2, 0.25) is 0 Å². The summed E-state index contributed by atoms with van der Waals surface area (Å²) in [6, 6.07) is 11.5. The number of nitrogens with one attached hydrogen (secondary N) is 1. The molecule has 3 rings (SSSR count). The van der Waals surface area contributed by atoms with Crippen LogP contribution in [0, 0.1) is 17.1 Å². The fourth-order valence-electron chi connectivity index (χ4n) is 2.94. The molecule has 2 heterocycles. The molecule has 1 unspecified atom stereocenters. The number of rotatable bonds is 3. The van der Waals surface area contributed by atoms with Gasteiger partial charge in [-0.1, -0.05) is 12.1 Å². The van der Waals surface area contributed by atoms with E-state index in [0.717, 1.165) is 37.7 Å². The lowest BCUT2D eigenvalue weighted by atomic mass is 9.93. The van der Waals surface area contributed by atoms with Crippen LogP contribution in [0.4, 0.5) is 4.39 Å². The minimum atomic E-state index is -1.13. The maximum atomic E-state index is 14.1. The molecule has 0 spiro atoms. The van der Waals surface area contributed by atoms with Crippen LogP contribution in [0.15, 0.2) is 36.4 Å². The number of hydrogen-bond acceptors (Lipinski definition) is 4. The Balaban J connectivity index is 0.00000208. The number of piperidine rings is 1. The van der Waals surface area contributed by atoms with Crippen LogP contribution < -0.4 is 5.32 Å². The first-order chi connectivity index (χ1) is 11.2. The molecule has 0 aliphatic carbocycles. The summed E-state index contributed by atoms with van der Waals surface area (Å²) >= 11 is 0. The standard InChI is InChI=1S/C18H18FN3O.ClH/c19-15-10-12(11-20)4-5-14(15)18(23)17-3-1-2-16(22-17)13-6-8-21-9-7-13;/h1-5,10,13,18,21,23H,6-9H2;1H. The van der Waals surface area contributed by atoms with Crippen LogP contribution in [-0.4, -0.2) is 23.2 Å². The zero-order chi connectivity index (χ0) is 16.2. The largest absolute Gasteiger partial charge is 0.382 e. The van der Waals surface area contributed by atoms with E-state index in [2.05, 4.69) is 10.3 Å². The van der Waals surface area contributed by atoms with Gasteiger partial charge in [-0.05, 0) is 50.2 Å². The second kappa shape index (κ2) is 8.20. The highest BCUT2D eigenvalue weighted by Crippen LogP contribution is 2.27. The van der Waals surface area contributed by atoms with Gasteiger partial charge in [0.05, 0.1) is 17.3 Å². The third kappa shape index (κ3) is 3.90. The van der Waals surface area contributed by atoms with Crippen LogP contribution in [0.3, 0.4) is 0 Å². The fourth-order valence-corrected chi connectivity index (χ4v) is 2.94. The molecular weight excluding hydrogens is 329 g/mol. The summed E-state index contributed by atoms with van der Waals surface area (Å²) in [4.78, 5) is 4.55. The molecule has 2 aromatic rings. The van der Waals surface area contributed by atoms with Crippen molar-refractivity contribution in [2.24, 2.45) is 0 Å². The first-order valence-electron chi connectivity index (χ1n) is 7.74. The topological polar surface area (TPSA) is 68.9 Å². The number of hydrogen-bond donors (Lipinski definition) is 2. The maximum absolute atomic E-state index is 14.1. The van der Waals surface area contributed by atoms with Crippen molar-refractivity contribution in [3.05, 3.63) is 64.7 Å². The Hall–Kier alpha value is -2.00. The van der Waals surface area contributed by atoms with Crippen molar-refractivity contribution in [2.75, 3.05) is 13.1 Å². The molecule has 1 aliphatic heterocycles. The zero-order valence-electron chi connectivity index (χ0n) is 13.1. The van der Waals surface area contributed by atoms with Gasteiger partial charge in [-0.25, -0.2) is 4.39 Å². The highest BCUT2D eigenvalue weighted by molar-refractivity contribution is 5.85. The first kappa shape index (κ1) is 18.3. The molecule has 6 heteroatoms. The van der Waals surface area contributed by atoms with Crippen LogP contribution in [0.25, 0.3) is 0 Å². The number of pyridine rings is 1. The molecule has 126 valence electrons. The van der Waals surface area contributed by atoms with Crippen LogP contribution >= 0.6 is 12.4 Å². The summed E-state index contributed by atoms with van der Waals surface area (Å²) in [5, 5.41) is 22.6. The molecule has 4 nitrogen and oxygen atoms in total. The van der Waals surface area contributed by atoms with E-state index in [9.17, 15) is 9.50 Å². The highest BCUT2D eigenvalue weighted by atomic mass is 35.5. The summed E-state index contributed by atoms with van der Waals surface area (Å²) in [5.74, 6) is -0.222. The second-order valence-electron chi connectivity index (χ2n) is 5.76. The Morgan fingerprint density at radius 1 is 1.25 bits per heavy atom. The van der Waals surface area contributed by atoms with Gasteiger partial charge in [0.25, 0.3) is 0 Å². The molecular formula is C18H19ClFN3O. The van der Waals surface area contributed by atoms with Crippen molar-refractivity contribution in [2.45, 2.75) is 24.9 Å². The van der Waals surface area contributed by atoms with Gasteiger partial charge in [-0.2, -0.15) is 5.26 Å². The normalized spacial score (nSPS) is 16.0. The third-order valence-electron chi connectivity index (χ3n) is 4.25. The summed E-state index contributed by atoms with van der Waals surface area (Å²) < 4.78 is 14.1. The lowest BCUT2D eigenvalue weighted by Crippen LogP contribution is -2.27. The van der Waals surface area contributed by atoms with Crippen LogP contribution in [-0.2, 0) is 0 Å². The smallest absolute Gasteiger partial charge is 0.130 e. The number of aromatic nitrogens is 1. The van der Waals surface area contributed by atoms with Gasteiger partial charge >= 0.3 is 0 Å². The lowest BCUT2D eigenvalue weighted by Gasteiger charge is -2.23. The number of benzene rings is 1. The summed E-state index contributed by atoms with van der Waals surface area (Å²) in [5.41, 5.74) is 1.75. The molecule has 24 heavy (non-hydrogen) atoms. The molecule has 0 radical (unpaired) electrons. The molecule has 2 N–H and O–H groups in total. The van der Waals surface area contributed by atoms with E-state index < -0.39 is 11.9 Å². The Bertz CT molecular complexity index is 741. The highest BCUT2D eigenvalue weighted by Gasteiger charge is 2.20. The Labute approximate surface area is 146 Å². The van der Waals surface area contributed by atoms with Gasteiger partial charge in [0, 0.05) is 17.2 Å². The van der Waals surface area contributed by atoms with Crippen LogP contribution in [0.2, 0.25) is 0 Å². The Morgan fingerprint density at radius 2 is 2.00 bits per heavy atom. The van der Waals surface area contributed by atoms with Crippen molar-refractivity contribution < 1.29 is 9.50 Å². The molecule has 1 aliphatic rings. The van der Waals surface area contributed by atoms with Gasteiger partial charge in [-0.15, -0.1) is 12.4 Å². The van der Waals surface area contributed by atoms with Gasteiger partial charge < -0.3 is 10.4 Å². The minimum absolute atomic E-state index is 0. The summed E-state index contributed by atoms with van der Waals surface area (Å²) in [7, 11) is 0. The SMILES string of the molecule is Cl.N#Cc1ccc(C(O)c2cccc(C3CCNCC3)n2)c(F)c1. The van der Waals surface area contributed by atoms with Crippen molar-refractivity contribution in [3.8, 4) is 6.07 Å². The molecule has 1 aromatic heterocycles. The van der Waals surface area contributed by atoms with Crippen molar-refractivity contribution in [1.82, 2.24) is 10.3 Å². The van der Waals surface area contributed by atoms with E-state index in [4.69, 9.17) is 5.26 Å². The van der Waals surface area contributed by atoms with Crippen molar-refractivity contribution in [1.29, 1.82) is 5.26 Å². The van der Waals surface area contributed by atoms with E-state index in [0.29, 0.717) is 11.6 Å². The lowest BCUT2D eigenvalue weighted by molar-refractivity contribution is 0.209. The average Bonchev–Trinajstić information content (AvgIpc) is 2.62. The summed E-state index contributed by atoms with van der Waals surface area (Å²) in [6.45, 7) is 1.92. The fraction of sp³-hybridized carbons (Fsp3) is 0.333. The monoisotopic (exact) mass is 347 g/mol. The zero-order valence-corrected chi connectivity index (χ0v) is 13.9. The average molecular weight is 348 g/mol. The first-order valence-corrected chi connectivity index (χ1v) is 7.74. The second-order valence-corrected chi connectivity index (χ2v) is 5.76. The van der Waals surface area contributed by atoms with Gasteiger partial charge in [0.1, 0.15) is 11.9 Å².